The van der Waals surface area contributed by atoms with Crippen molar-refractivity contribution < 1.29 is 8.42 Å². The lowest BCUT2D eigenvalue weighted by Crippen LogP contribution is -2.27. The lowest BCUT2D eigenvalue weighted by Gasteiger charge is -2.21. The maximum absolute atomic E-state index is 13.4. The number of aryl methyl sites for hydroxylation is 2. The monoisotopic (exact) mass is 405 g/mol. The summed E-state index contributed by atoms with van der Waals surface area (Å²) in [4.78, 5) is 0.308. The van der Waals surface area contributed by atoms with Gasteiger partial charge >= 0.3 is 0 Å². The number of benzene rings is 2. The molecule has 1 saturated heterocycles. The second kappa shape index (κ2) is 7.62. The van der Waals surface area contributed by atoms with Crippen LogP contribution in [0.5, 0.6) is 0 Å². The average Bonchev–Trinajstić information content (AvgIpc) is 3.04. The molecule has 0 unspecified atom stereocenters. The SMILES string of the molecule is Cc1ccccc1S(=O)(=O)n1nc(C2CCNCC2)c2c(C)cccc21.Cl. The molecular formula is C20H24ClN3O2S. The minimum Gasteiger partial charge on any atom is -0.317 e. The van der Waals surface area contributed by atoms with E-state index in [1.807, 2.05) is 44.2 Å². The molecule has 0 amide bonds. The van der Waals surface area contributed by atoms with Crippen molar-refractivity contribution in [3.63, 3.8) is 0 Å². The van der Waals surface area contributed by atoms with Crippen molar-refractivity contribution >= 4 is 33.3 Å². The van der Waals surface area contributed by atoms with E-state index < -0.39 is 10.0 Å². The molecule has 0 saturated carbocycles. The smallest absolute Gasteiger partial charge is 0.283 e. The molecule has 0 bridgehead atoms. The summed E-state index contributed by atoms with van der Waals surface area (Å²) in [6.45, 7) is 5.72. The molecule has 2 heterocycles. The Hall–Kier alpha value is -1.89. The van der Waals surface area contributed by atoms with E-state index >= 15 is 0 Å². The number of hydrogen-bond acceptors (Lipinski definition) is 4. The maximum atomic E-state index is 13.4. The fraction of sp³-hybridized carbons (Fsp3) is 0.350. The van der Waals surface area contributed by atoms with Gasteiger partial charge in [0.05, 0.1) is 16.1 Å². The maximum Gasteiger partial charge on any atom is 0.283 e. The third-order valence-corrected chi connectivity index (χ3v) is 6.98. The van der Waals surface area contributed by atoms with Gasteiger partial charge < -0.3 is 5.32 Å². The van der Waals surface area contributed by atoms with Gasteiger partial charge in [0.2, 0.25) is 0 Å². The van der Waals surface area contributed by atoms with Crippen LogP contribution < -0.4 is 5.32 Å². The number of fused-ring (bicyclic) bond motifs is 1. The summed E-state index contributed by atoms with van der Waals surface area (Å²) in [7, 11) is -3.74. The highest BCUT2D eigenvalue weighted by molar-refractivity contribution is 7.90. The summed E-state index contributed by atoms with van der Waals surface area (Å²) in [5.41, 5.74) is 3.38. The highest BCUT2D eigenvalue weighted by Gasteiger charge is 2.28. The summed E-state index contributed by atoms with van der Waals surface area (Å²) in [6, 6.07) is 12.9. The second-order valence-corrected chi connectivity index (χ2v) is 8.73. The lowest BCUT2D eigenvalue weighted by atomic mass is 9.91. The van der Waals surface area contributed by atoms with E-state index in [9.17, 15) is 8.42 Å². The van der Waals surface area contributed by atoms with Crippen LogP contribution in [0.2, 0.25) is 0 Å². The minimum atomic E-state index is -3.74. The first-order valence-corrected chi connectivity index (χ1v) is 10.4. The number of hydrogen-bond donors (Lipinski definition) is 1. The number of piperidine rings is 1. The van der Waals surface area contributed by atoms with Gasteiger partial charge in [-0.1, -0.05) is 30.3 Å². The summed E-state index contributed by atoms with van der Waals surface area (Å²) in [5, 5.41) is 9.01. The van der Waals surface area contributed by atoms with E-state index in [-0.39, 0.29) is 18.3 Å². The van der Waals surface area contributed by atoms with E-state index in [4.69, 9.17) is 0 Å². The number of nitrogens with zero attached hydrogens (tertiary/aromatic N) is 2. The highest BCUT2D eigenvalue weighted by Crippen LogP contribution is 2.34. The van der Waals surface area contributed by atoms with Gasteiger partial charge in [-0.15, -0.1) is 12.4 Å². The summed E-state index contributed by atoms with van der Waals surface area (Å²) < 4.78 is 28.0. The van der Waals surface area contributed by atoms with Crippen molar-refractivity contribution in [3.05, 3.63) is 59.3 Å². The molecule has 1 aromatic heterocycles. The van der Waals surface area contributed by atoms with E-state index in [1.54, 1.807) is 12.1 Å². The molecule has 0 atom stereocenters. The van der Waals surface area contributed by atoms with Gasteiger partial charge in [0.1, 0.15) is 0 Å². The topological polar surface area (TPSA) is 64.0 Å². The van der Waals surface area contributed by atoms with Crippen LogP contribution in [0.25, 0.3) is 10.9 Å². The molecule has 4 rings (SSSR count). The van der Waals surface area contributed by atoms with Crippen LogP contribution in [-0.2, 0) is 10.0 Å². The molecule has 1 fully saturated rings. The molecule has 27 heavy (non-hydrogen) atoms. The Labute approximate surface area is 166 Å². The molecule has 1 N–H and O–H groups in total. The van der Waals surface area contributed by atoms with Gasteiger partial charge in [-0.2, -0.15) is 17.6 Å². The van der Waals surface area contributed by atoms with Crippen LogP contribution in [0, 0.1) is 13.8 Å². The third kappa shape index (κ3) is 3.37. The molecule has 0 aliphatic carbocycles. The first kappa shape index (κ1) is 19.9. The van der Waals surface area contributed by atoms with E-state index in [0.717, 1.165) is 48.1 Å². The van der Waals surface area contributed by atoms with E-state index in [1.165, 1.54) is 4.09 Å². The van der Waals surface area contributed by atoms with Gasteiger partial charge in [-0.05, 0) is 63.0 Å². The van der Waals surface area contributed by atoms with Crippen LogP contribution in [0.3, 0.4) is 0 Å². The Morgan fingerprint density at radius 3 is 2.37 bits per heavy atom. The summed E-state index contributed by atoms with van der Waals surface area (Å²) in [6.07, 6.45) is 1.95. The van der Waals surface area contributed by atoms with Crippen LogP contribution in [-0.4, -0.2) is 30.7 Å². The Kier molecular flexibility index (Phi) is 5.60. The van der Waals surface area contributed by atoms with Crippen LogP contribution in [0.1, 0.15) is 35.6 Å². The van der Waals surface area contributed by atoms with Crippen molar-refractivity contribution in [2.24, 2.45) is 0 Å². The number of halogens is 1. The van der Waals surface area contributed by atoms with Crippen molar-refractivity contribution in [1.29, 1.82) is 0 Å². The first-order chi connectivity index (χ1) is 12.5. The average molecular weight is 406 g/mol. The van der Waals surface area contributed by atoms with Gasteiger partial charge in [-0.3, -0.25) is 0 Å². The molecule has 1 aliphatic rings. The Balaban J connectivity index is 0.00000210. The Bertz CT molecular complexity index is 1070. The zero-order valence-electron chi connectivity index (χ0n) is 15.5. The van der Waals surface area contributed by atoms with E-state index in [2.05, 4.69) is 10.4 Å². The number of rotatable bonds is 3. The van der Waals surface area contributed by atoms with Crippen LogP contribution >= 0.6 is 12.4 Å². The Morgan fingerprint density at radius 1 is 1.00 bits per heavy atom. The molecule has 5 nitrogen and oxygen atoms in total. The van der Waals surface area contributed by atoms with Crippen LogP contribution in [0.15, 0.2) is 47.4 Å². The number of nitrogens with one attached hydrogen (secondary N) is 1. The zero-order valence-corrected chi connectivity index (χ0v) is 17.1. The fourth-order valence-corrected chi connectivity index (χ4v) is 5.37. The van der Waals surface area contributed by atoms with E-state index in [0.29, 0.717) is 10.4 Å². The molecule has 3 aromatic rings. The van der Waals surface area contributed by atoms with Crippen molar-refractivity contribution in [3.8, 4) is 0 Å². The minimum absolute atomic E-state index is 0. The van der Waals surface area contributed by atoms with Crippen LogP contribution in [0.4, 0.5) is 0 Å². The largest absolute Gasteiger partial charge is 0.317 e. The quantitative estimate of drug-likeness (QED) is 0.720. The molecule has 144 valence electrons. The fourth-order valence-electron chi connectivity index (χ4n) is 3.85. The summed E-state index contributed by atoms with van der Waals surface area (Å²) >= 11 is 0. The predicted molar refractivity (Wildman–Crippen MR) is 110 cm³/mol. The summed E-state index contributed by atoms with van der Waals surface area (Å²) in [5.74, 6) is 0.285. The van der Waals surface area contributed by atoms with Crippen molar-refractivity contribution in [2.75, 3.05) is 13.1 Å². The van der Waals surface area contributed by atoms with Gasteiger partial charge in [0.15, 0.2) is 0 Å². The van der Waals surface area contributed by atoms with Gasteiger partial charge in [0.25, 0.3) is 10.0 Å². The number of aromatic nitrogens is 2. The van der Waals surface area contributed by atoms with Crippen molar-refractivity contribution in [1.82, 2.24) is 14.5 Å². The molecule has 7 heteroatoms. The standard InChI is InChI=1S/C20H23N3O2S.ClH/c1-14-6-3-4-9-18(14)26(24,25)23-17-8-5-7-15(2)19(17)20(22-23)16-10-12-21-13-11-16;/h3-9,16,21H,10-13H2,1-2H3;1H. The molecule has 1 aliphatic heterocycles. The molecule has 0 spiro atoms. The second-order valence-electron chi connectivity index (χ2n) is 6.99. The molecule has 2 aromatic carbocycles. The third-order valence-electron chi connectivity index (χ3n) is 5.24. The predicted octanol–water partition coefficient (Wildman–Crippen LogP) is 3.78. The first-order valence-electron chi connectivity index (χ1n) is 9.00. The van der Waals surface area contributed by atoms with Gasteiger partial charge in [-0.25, -0.2) is 0 Å². The normalized spacial score (nSPS) is 15.6. The van der Waals surface area contributed by atoms with Gasteiger partial charge in [0, 0.05) is 11.3 Å². The lowest BCUT2D eigenvalue weighted by molar-refractivity contribution is 0.453. The zero-order chi connectivity index (χ0) is 18.3. The van der Waals surface area contributed by atoms with Crippen molar-refractivity contribution in [2.45, 2.75) is 37.5 Å². The molecule has 0 radical (unpaired) electrons. The Morgan fingerprint density at radius 2 is 1.67 bits per heavy atom. The highest BCUT2D eigenvalue weighted by atomic mass is 35.5. The molecular weight excluding hydrogens is 382 g/mol.